The van der Waals surface area contributed by atoms with Gasteiger partial charge in [-0.15, -0.1) is 0 Å². The van der Waals surface area contributed by atoms with Gasteiger partial charge in [0, 0.05) is 10.6 Å². The van der Waals surface area contributed by atoms with Crippen LogP contribution in [0.15, 0.2) is 70.7 Å². The quantitative estimate of drug-likeness (QED) is 0.463. The van der Waals surface area contributed by atoms with Crippen LogP contribution >= 0.6 is 11.6 Å². The summed E-state index contributed by atoms with van der Waals surface area (Å²) in [5, 5.41) is 1.44. The van der Waals surface area contributed by atoms with Crippen molar-refractivity contribution in [2.24, 2.45) is 0 Å². The summed E-state index contributed by atoms with van der Waals surface area (Å²) in [5.74, 6) is -0.935. The van der Waals surface area contributed by atoms with E-state index in [1.165, 1.54) is 36.4 Å². The average Bonchev–Trinajstić information content (AvgIpc) is 3.28. The molecule has 0 spiro atoms. The number of nitrogens with zero attached hydrogens (tertiary/aromatic N) is 1. The Morgan fingerprint density at radius 3 is 2.50 bits per heavy atom. The number of furan rings is 1. The Morgan fingerprint density at radius 1 is 1.00 bits per heavy atom. The van der Waals surface area contributed by atoms with E-state index in [0.717, 1.165) is 17.1 Å². The van der Waals surface area contributed by atoms with Crippen molar-refractivity contribution in [3.8, 4) is 11.3 Å². The maximum absolute atomic E-state index is 12.9. The molecule has 1 N–H and O–H groups in total. The molecule has 2 amide bonds. The maximum atomic E-state index is 12.9. The molecule has 2 aromatic carbocycles. The molecule has 5 nitrogen and oxygen atoms in total. The van der Waals surface area contributed by atoms with Gasteiger partial charge >= 0.3 is 6.18 Å². The van der Waals surface area contributed by atoms with Crippen LogP contribution in [0.5, 0.6) is 0 Å². The molecule has 152 valence electrons. The first-order chi connectivity index (χ1) is 14.2. The Balaban J connectivity index is 1.61. The maximum Gasteiger partial charge on any atom is 0.416 e. The molecule has 1 aliphatic rings. The number of halogens is 4. The highest BCUT2D eigenvalue weighted by Crippen LogP contribution is 2.33. The van der Waals surface area contributed by atoms with Gasteiger partial charge in [-0.2, -0.15) is 13.2 Å². The van der Waals surface area contributed by atoms with Gasteiger partial charge in [0.25, 0.3) is 11.8 Å². The van der Waals surface area contributed by atoms with Gasteiger partial charge in [-0.3, -0.25) is 15.0 Å². The first-order valence-corrected chi connectivity index (χ1v) is 9.00. The summed E-state index contributed by atoms with van der Waals surface area (Å²) in [5.41, 5.74) is 2.05. The van der Waals surface area contributed by atoms with E-state index in [9.17, 15) is 22.8 Å². The number of nitrogens with one attached hydrogen (secondary N) is 1. The van der Waals surface area contributed by atoms with Gasteiger partial charge in [-0.25, -0.2) is 5.01 Å². The summed E-state index contributed by atoms with van der Waals surface area (Å²) in [7, 11) is 0. The fourth-order valence-electron chi connectivity index (χ4n) is 2.93. The normalized spacial score (nSPS) is 15.7. The van der Waals surface area contributed by atoms with E-state index in [1.807, 2.05) is 0 Å². The van der Waals surface area contributed by atoms with Gasteiger partial charge in [0.1, 0.15) is 17.1 Å². The Labute approximate surface area is 173 Å². The molecule has 0 bridgehead atoms. The molecule has 1 aliphatic heterocycles. The monoisotopic (exact) mass is 432 g/mol. The second kappa shape index (κ2) is 7.38. The number of carbonyl (C=O) groups is 2. The molecule has 1 saturated heterocycles. The average molecular weight is 433 g/mol. The third-order valence-corrected chi connectivity index (χ3v) is 4.58. The molecular weight excluding hydrogens is 421 g/mol. The number of carbonyl (C=O) groups excluding carboxylic acids is 2. The second-order valence-electron chi connectivity index (χ2n) is 6.40. The number of rotatable bonds is 3. The van der Waals surface area contributed by atoms with E-state index in [-0.39, 0.29) is 22.7 Å². The first kappa shape index (κ1) is 19.8. The molecule has 0 atom stereocenters. The SMILES string of the molecule is O=C1NN(c2cccc(Cl)c2)C(=O)/C1=C/c1ccc(-c2cccc(C(F)(F)F)c2)o1. The lowest BCUT2D eigenvalue weighted by Gasteiger charge is -2.14. The van der Waals surface area contributed by atoms with Crippen molar-refractivity contribution in [1.82, 2.24) is 5.43 Å². The van der Waals surface area contributed by atoms with E-state index in [2.05, 4.69) is 5.43 Å². The number of hydrogen-bond donors (Lipinski definition) is 1. The van der Waals surface area contributed by atoms with Gasteiger partial charge in [-0.05, 0) is 48.5 Å². The fourth-order valence-corrected chi connectivity index (χ4v) is 3.12. The predicted octanol–water partition coefficient (Wildman–Crippen LogP) is 5.08. The highest BCUT2D eigenvalue weighted by atomic mass is 35.5. The van der Waals surface area contributed by atoms with E-state index in [0.29, 0.717) is 10.7 Å². The molecule has 0 aliphatic carbocycles. The van der Waals surface area contributed by atoms with Crippen molar-refractivity contribution in [1.29, 1.82) is 0 Å². The van der Waals surface area contributed by atoms with Crippen molar-refractivity contribution >= 4 is 35.2 Å². The minimum absolute atomic E-state index is 0.147. The van der Waals surface area contributed by atoms with Gasteiger partial charge in [0.15, 0.2) is 0 Å². The van der Waals surface area contributed by atoms with Crippen molar-refractivity contribution in [3.63, 3.8) is 0 Å². The molecule has 0 radical (unpaired) electrons. The first-order valence-electron chi connectivity index (χ1n) is 8.62. The van der Waals surface area contributed by atoms with Crippen molar-refractivity contribution < 1.29 is 27.2 Å². The lowest BCUT2D eigenvalue weighted by molar-refractivity contribution is -0.137. The summed E-state index contributed by atoms with van der Waals surface area (Å²) in [6.45, 7) is 0. The molecule has 1 aromatic heterocycles. The minimum atomic E-state index is -4.48. The number of hydrazine groups is 1. The molecule has 0 saturated carbocycles. The predicted molar refractivity (Wildman–Crippen MR) is 104 cm³/mol. The molecule has 9 heteroatoms. The molecule has 3 aromatic rings. The van der Waals surface area contributed by atoms with E-state index in [1.54, 1.807) is 18.2 Å². The Hall–Kier alpha value is -3.52. The van der Waals surface area contributed by atoms with Crippen molar-refractivity contribution in [3.05, 3.63) is 82.6 Å². The fraction of sp³-hybridized carbons (Fsp3) is 0.0476. The third-order valence-electron chi connectivity index (χ3n) is 4.35. The van der Waals surface area contributed by atoms with Crippen LogP contribution in [0.4, 0.5) is 18.9 Å². The molecule has 0 unspecified atom stereocenters. The number of hydrogen-bond acceptors (Lipinski definition) is 3. The number of amides is 2. The topological polar surface area (TPSA) is 62.6 Å². The largest absolute Gasteiger partial charge is 0.457 e. The van der Waals surface area contributed by atoms with Crippen LogP contribution in [-0.4, -0.2) is 11.8 Å². The zero-order valence-electron chi connectivity index (χ0n) is 15.0. The summed E-state index contributed by atoms with van der Waals surface area (Å²) in [6.07, 6.45) is -3.25. The Morgan fingerprint density at radius 2 is 1.77 bits per heavy atom. The van der Waals surface area contributed by atoms with Crippen LogP contribution in [0, 0.1) is 0 Å². The molecular formula is C21H12ClF3N2O3. The minimum Gasteiger partial charge on any atom is -0.457 e. The van der Waals surface area contributed by atoms with Gasteiger partial charge in [-0.1, -0.05) is 29.8 Å². The summed E-state index contributed by atoms with van der Waals surface area (Å²) >= 11 is 5.92. The summed E-state index contributed by atoms with van der Waals surface area (Å²) in [6, 6.07) is 14.0. The number of alkyl halides is 3. The zero-order chi connectivity index (χ0) is 21.5. The second-order valence-corrected chi connectivity index (χ2v) is 6.84. The van der Waals surface area contributed by atoms with E-state index >= 15 is 0 Å². The van der Waals surface area contributed by atoms with Crippen molar-refractivity contribution in [2.75, 3.05) is 5.01 Å². The van der Waals surface area contributed by atoms with Crippen LogP contribution in [0.1, 0.15) is 11.3 Å². The highest BCUT2D eigenvalue weighted by Gasteiger charge is 2.35. The highest BCUT2D eigenvalue weighted by molar-refractivity contribution is 6.33. The molecule has 2 heterocycles. The number of anilines is 1. The van der Waals surface area contributed by atoms with Crippen LogP contribution in [0.3, 0.4) is 0 Å². The zero-order valence-corrected chi connectivity index (χ0v) is 15.8. The third kappa shape index (κ3) is 3.81. The van der Waals surface area contributed by atoms with Gasteiger partial charge < -0.3 is 4.42 Å². The van der Waals surface area contributed by atoms with Crippen LogP contribution in [0.25, 0.3) is 17.4 Å². The Kier molecular flexibility index (Phi) is 4.87. The van der Waals surface area contributed by atoms with Crippen LogP contribution in [0.2, 0.25) is 5.02 Å². The summed E-state index contributed by atoms with van der Waals surface area (Å²) < 4.78 is 44.3. The standard InChI is InChI=1S/C21H12ClF3N2O3/c22-14-5-2-6-15(10-14)27-20(29)17(19(28)26-27)11-16-7-8-18(30-16)12-3-1-4-13(9-12)21(23,24)25/h1-11H,(H,26,28)/b17-11+. The smallest absolute Gasteiger partial charge is 0.416 e. The number of benzene rings is 2. The lowest BCUT2D eigenvalue weighted by Crippen LogP contribution is -2.35. The van der Waals surface area contributed by atoms with Crippen LogP contribution < -0.4 is 10.4 Å². The summed E-state index contributed by atoms with van der Waals surface area (Å²) in [4.78, 5) is 24.9. The lowest BCUT2D eigenvalue weighted by atomic mass is 10.1. The van der Waals surface area contributed by atoms with Gasteiger partial charge in [0.05, 0.1) is 11.3 Å². The van der Waals surface area contributed by atoms with E-state index < -0.39 is 23.6 Å². The van der Waals surface area contributed by atoms with E-state index in [4.69, 9.17) is 16.0 Å². The molecule has 1 fully saturated rings. The van der Waals surface area contributed by atoms with Gasteiger partial charge in [0.2, 0.25) is 0 Å². The molecule has 30 heavy (non-hydrogen) atoms. The van der Waals surface area contributed by atoms with Crippen LogP contribution in [-0.2, 0) is 15.8 Å². The molecule has 4 rings (SSSR count). The Bertz CT molecular complexity index is 1180. The van der Waals surface area contributed by atoms with Crippen molar-refractivity contribution in [2.45, 2.75) is 6.18 Å².